The molecule has 0 unspecified atom stereocenters. The predicted molar refractivity (Wildman–Crippen MR) is 180 cm³/mol. The highest BCUT2D eigenvalue weighted by molar-refractivity contribution is 5.89. The number of amides is 2. The van der Waals surface area contributed by atoms with Crippen LogP contribution in [0.4, 0.5) is 0 Å². The van der Waals surface area contributed by atoms with Crippen molar-refractivity contribution in [1.82, 2.24) is 15.1 Å². The van der Waals surface area contributed by atoms with E-state index in [0.29, 0.717) is 43.2 Å². The number of rotatable bonds is 6. The molecule has 6 aliphatic rings. The molecule has 46 heavy (non-hydrogen) atoms. The van der Waals surface area contributed by atoms with E-state index in [4.69, 9.17) is 0 Å². The molecule has 2 amide bonds. The van der Waals surface area contributed by atoms with Crippen LogP contribution < -0.4 is 5.32 Å². The highest BCUT2D eigenvalue weighted by Gasteiger charge is 2.61. The Morgan fingerprint density at radius 2 is 1.59 bits per heavy atom. The first-order valence-electron chi connectivity index (χ1n) is 18.9. The van der Waals surface area contributed by atoms with Gasteiger partial charge in [-0.2, -0.15) is 0 Å². The quantitative estimate of drug-likeness (QED) is 0.402. The molecule has 0 spiro atoms. The topological polar surface area (TPSA) is 93.1 Å². The van der Waals surface area contributed by atoms with E-state index in [9.17, 15) is 19.8 Å². The molecule has 0 radical (unpaired) electrons. The summed E-state index contributed by atoms with van der Waals surface area (Å²) in [5.41, 5.74) is 1.38. The Balaban J connectivity index is 1.01. The molecule has 0 bridgehead atoms. The van der Waals surface area contributed by atoms with Gasteiger partial charge < -0.3 is 20.4 Å². The van der Waals surface area contributed by atoms with Crippen LogP contribution in [0.25, 0.3) is 0 Å². The molecule has 5 saturated carbocycles. The highest BCUT2D eigenvalue weighted by Crippen LogP contribution is 2.66. The van der Waals surface area contributed by atoms with Gasteiger partial charge in [-0.15, -0.1) is 0 Å². The summed E-state index contributed by atoms with van der Waals surface area (Å²) in [4.78, 5) is 31.8. The molecule has 1 aromatic rings. The Bertz CT molecular complexity index is 1230. The Hall–Kier alpha value is -1.96. The van der Waals surface area contributed by atoms with Gasteiger partial charge in [-0.1, -0.05) is 63.4 Å². The normalized spacial score (nSPS) is 40.8. The van der Waals surface area contributed by atoms with E-state index >= 15 is 0 Å². The fraction of sp³-hybridized carbons (Fsp3) is 0.795. The standard InChI is InChI=1S/C39H59N3O4/c1-38-18-17-31-29(30(38)15-16-35(38)44)14-13-28-24-34(43)33(25-39(28,31)2)41-19-21-42(22-20-41)37(46)32(23-26-9-5-3-6-10-26)40-36(45)27-11-7-4-8-12-27/h3,5-6,9-10,27-35,43-44H,4,7-8,11-25H2,1-2H3,(H,40,45)/t28-,29-,30-,31-,32-,33-,34-,35-,38-,39-/m0/s1. The van der Waals surface area contributed by atoms with Crippen LogP contribution in [0.15, 0.2) is 30.3 Å². The van der Waals surface area contributed by atoms with Gasteiger partial charge in [0.15, 0.2) is 0 Å². The van der Waals surface area contributed by atoms with Gasteiger partial charge in [0, 0.05) is 44.6 Å². The maximum atomic E-state index is 14.0. The van der Waals surface area contributed by atoms with Crippen LogP contribution in [0.1, 0.15) is 103 Å². The van der Waals surface area contributed by atoms with Crippen LogP contribution >= 0.6 is 0 Å². The van der Waals surface area contributed by atoms with E-state index in [1.807, 2.05) is 35.2 Å². The van der Waals surface area contributed by atoms with Gasteiger partial charge in [-0.3, -0.25) is 14.5 Å². The monoisotopic (exact) mass is 633 g/mol. The van der Waals surface area contributed by atoms with Crippen molar-refractivity contribution >= 4 is 11.8 Å². The van der Waals surface area contributed by atoms with Crippen molar-refractivity contribution in [3.05, 3.63) is 35.9 Å². The van der Waals surface area contributed by atoms with Crippen molar-refractivity contribution in [3.63, 3.8) is 0 Å². The molecule has 254 valence electrons. The lowest BCUT2D eigenvalue weighted by molar-refractivity contribution is -0.157. The van der Waals surface area contributed by atoms with Gasteiger partial charge in [-0.25, -0.2) is 0 Å². The summed E-state index contributed by atoms with van der Waals surface area (Å²) in [6, 6.07) is 9.65. The summed E-state index contributed by atoms with van der Waals surface area (Å²) in [7, 11) is 0. The summed E-state index contributed by atoms with van der Waals surface area (Å²) in [5, 5.41) is 25.6. The Morgan fingerprint density at radius 1 is 0.870 bits per heavy atom. The number of fused-ring (bicyclic) bond motifs is 5. The van der Waals surface area contributed by atoms with Crippen LogP contribution in [-0.4, -0.2) is 82.3 Å². The summed E-state index contributed by atoms with van der Waals surface area (Å²) in [6.07, 6.45) is 14.2. The first kappa shape index (κ1) is 32.6. The van der Waals surface area contributed by atoms with Crippen LogP contribution in [0, 0.1) is 40.4 Å². The van der Waals surface area contributed by atoms with Gasteiger partial charge in [0.05, 0.1) is 12.2 Å². The lowest BCUT2D eigenvalue weighted by Gasteiger charge is -2.62. The third-order valence-corrected chi connectivity index (χ3v) is 14.6. The molecule has 1 aromatic carbocycles. The maximum Gasteiger partial charge on any atom is 0.245 e. The molecule has 5 aliphatic carbocycles. The van der Waals surface area contributed by atoms with Crippen molar-refractivity contribution in [2.24, 2.45) is 40.4 Å². The number of benzene rings is 1. The molecule has 7 rings (SSSR count). The molecule has 7 nitrogen and oxygen atoms in total. The molecule has 7 heteroatoms. The molecule has 3 N–H and O–H groups in total. The Kier molecular flexibility index (Phi) is 9.32. The average Bonchev–Trinajstić information content (AvgIpc) is 3.39. The minimum absolute atomic E-state index is 0.0191. The smallest absolute Gasteiger partial charge is 0.245 e. The number of hydrogen-bond donors (Lipinski definition) is 3. The van der Waals surface area contributed by atoms with Gasteiger partial charge >= 0.3 is 0 Å². The maximum absolute atomic E-state index is 14.0. The zero-order chi connectivity index (χ0) is 32.1. The fourth-order valence-electron chi connectivity index (χ4n) is 11.8. The number of aliphatic hydroxyl groups is 2. The second kappa shape index (κ2) is 13.2. The van der Waals surface area contributed by atoms with Crippen LogP contribution in [0.5, 0.6) is 0 Å². The highest BCUT2D eigenvalue weighted by atomic mass is 16.3. The second-order valence-electron chi connectivity index (χ2n) is 16.8. The number of nitrogens with zero attached hydrogens (tertiary/aromatic N) is 2. The molecule has 6 fully saturated rings. The SMILES string of the molecule is C[C@]12C[C@H](N3CCN(C(=O)[C@H](Cc4ccccc4)NC(=O)C4CCCCC4)CC3)[C@@H](O)C[C@@H]1CC[C@@H]1[C@@H]2CC[C@]2(C)[C@@H](O)CC[C@@H]12. The predicted octanol–water partition coefficient (Wildman–Crippen LogP) is 5.18. The van der Waals surface area contributed by atoms with Crippen molar-refractivity contribution in [2.75, 3.05) is 26.2 Å². The van der Waals surface area contributed by atoms with E-state index in [0.717, 1.165) is 70.0 Å². The van der Waals surface area contributed by atoms with Gasteiger partial charge in [0.2, 0.25) is 11.8 Å². The second-order valence-corrected chi connectivity index (χ2v) is 16.8. The first-order valence-corrected chi connectivity index (χ1v) is 18.9. The molecular formula is C39H59N3O4. The van der Waals surface area contributed by atoms with E-state index in [2.05, 4.69) is 24.1 Å². The largest absolute Gasteiger partial charge is 0.393 e. The van der Waals surface area contributed by atoms with E-state index in [1.165, 1.54) is 32.1 Å². The van der Waals surface area contributed by atoms with Crippen LogP contribution in [-0.2, 0) is 16.0 Å². The number of carbonyl (C=O) groups excluding carboxylic acids is 2. The lowest BCUT2D eigenvalue weighted by atomic mass is 9.44. The molecule has 1 aliphatic heterocycles. The number of hydrogen-bond acceptors (Lipinski definition) is 5. The van der Waals surface area contributed by atoms with Crippen molar-refractivity contribution in [3.8, 4) is 0 Å². The number of carbonyl (C=O) groups is 2. The van der Waals surface area contributed by atoms with Crippen molar-refractivity contribution in [1.29, 1.82) is 0 Å². The van der Waals surface area contributed by atoms with Crippen LogP contribution in [0.2, 0.25) is 0 Å². The third-order valence-electron chi connectivity index (χ3n) is 14.6. The molecule has 10 atom stereocenters. The number of nitrogens with one attached hydrogen (secondary N) is 1. The minimum atomic E-state index is -0.548. The van der Waals surface area contributed by atoms with E-state index < -0.39 is 6.04 Å². The average molecular weight is 634 g/mol. The first-order chi connectivity index (χ1) is 22.2. The molecular weight excluding hydrogens is 574 g/mol. The van der Waals surface area contributed by atoms with Crippen molar-refractivity contribution < 1.29 is 19.8 Å². The number of piperazine rings is 1. The zero-order valence-electron chi connectivity index (χ0n) is 28.4. The summed E-state index contributed by atoms with van der Waals surface area (Å²) in [6.45, 7) is 7.71. The fourth-order valence-corrected chi connectivity index (χ4v) is 11.8. The van der Waals surface area contributed by atoms with E-state index in [1.54, 1.807) is 0 Å². The summed E-state index contributed by atoms with van der Waals surface area (Å²) < 4.78 is 0. The van der Waals surface area contributed by atoms with E-state index in [-0.39, 0.29) is 46.8 Å². The minimum Gasteiger partial charge on any atom is -0.393 e. The van der Waals surface area contributed by atoms with Gasteiger partial charge in [0.1, 0.15) is 6.04 Å². The molecule has 1 saturated heterocycles. The third kappa shape index (κ3) is 5.96. The van der Waals surface area contributed by atoms with Crippen molar-refractivity contribution in [2.45, 2.75) is 128 Å². The number of aliphatic hydroxyl groups excluding tert-OH is 2. The van der Waals surface area contributed by atoms with Gasteiger partial charge in [0.25, 0.3) is 0 Å². The molecule has 0 aromatic heterocycles. The zero-order valence-corrected chi connectivity index (χ0v) is 28.4. The Morgan fingerprint density at radius 3 is 2.33 bits per heavy atom. The summed E-state index contributed by atoms with van der Waals surface area (Å²) in [5.74, 6) is 2.69. The van der Waals surface area contributed by atoms with Crippen LogP contribution in [0.3, 0.4) is 0 Å². The summed E-state index contributed by atoms with van der Waals surface area (Å²) >= 11 is 0. The Labute approximate surface area is 276 Å². The molecule has 1 heterocycles. The lowest BCUT2D eigenvalue weighted by Crippen LogP contribution is -2.63. The van der Waals surface area contributed by atoms with Gasteiger partial charge in [-0.05, 0) is 104 Å².